The fourth-order valence-corrected chi connectivity index (χ4v) is 2.99. The Morgan fingerprint density at radius 1 is 1.18 bits per heavy atom. The molecule has 1 aromatic carbocycles. The molecule has 2 aromatic heterocycles. The Morgan fingerprint density at radius 2 is 1.89 bits per heavy atom. The molecule has 0 aliphatic carbocycles. The number of pyridine rings is 2. The molecule has 0 saturated carbocycles. The van der Waals surface area contributed by atoms with Crippen LogP contribution in [0.15, 0.2) is 51.9 Å². The second-order valence-corrected chi connectivity index (χ2v) is 7.01. The van der Waals surface area contributed by atoms with Gasteiger partial charge in [0.25, 0.3) is 0 Å². The van der Waals surface area contributed by atoms with Gasteiger partial charge < -0.3 is 14.6 Å². The van der Waals surface area contributed by atoms with Crippen LogP contribution in [-0.2, 0) is 16.1 Å². The number of nitrogens with zero attached hydrogens (tertiary/aromatic N) is 2. The number of fused-ring (bicyclic) bond motifs is 1. The molecule has 0 fully saturated rings. The zero-order chi connectivity index (χ0) is 20.3. The van der Waals surface area contributed by atoms with Gasteiger partial charge in [-0.2, -0.15) is 0 Å². The third-order valence-electron chi connectivity index (χ3n) is 4.00. The third-order valence-corrected chi connectivity index (χ3v) is 4.53. The molecule has 1 amide bonds. The first-order valence-corrected chi connectivity index (χ1v) is 9.41. The molecule has 3 aromatic rings. The van der Waals surface area contributed by atoms with Crippen LogP contribution in [0.1, 0.15) is 23.0 Å². The number of esters is 1. The summed E-state index contributed by atoms with van der Waals surface area (Å²) < 4.78 is 7.36. The molecule has 1 N–H and O–H groups in total. The highest BCUT2D eigenvalue weighted by molar-refractivity contribution is 9.10. The SMILES string of the molecule is CCOC(=O)c1cn(CC(=O)Nc2ccc(Br)cc2)c2nc(C)ccc2c1=O. The van der Waals surface area contributed by atoms with Crippen molar-refractivity contribution in [3.63, 3.8) is 0 Å². The zero-order valence-corrected chi connectivity index (χ0v) is 16.9. The second-order valence-electron chi connectivity index (χ2n) is 6.10. The predicted octanol–water partition coefficient (Wildman–Crippen LogP) is 3.28. The van der Waals surface area contributed by atoms with Gasteiger partial charge in [-0.3, -0.25) is 9.59 Å². The minimum Gasteiger partial charge on any atom is -0.462 e. The van der Waals surface area contributed by atoms with Gasteiger partial charge >= 0.3 is 5.97 Å². The number of halogens is 1. The molecule has 144 valence electrons. The lowest BCUT2D eigenvalue weighted by atomic mass is 10.2. The Labute approximate surface area is 169 Å². The van der Waals surface area contributed by atoms with E-state index in [0.717, 1.165) is 4.47 Å². The van der Waals surface area contributed by atoms with Crippen LogP contribution in [0.25, 0.3) is 11.0 Å². The predicted molar refractivity (Wildman–Crippen MR) is 109 cm³/mol. The fraction of sp³-hybridized carbons (Fsp3) is 0.200. The lowest BCUT2D eigenvalue weighted by Crippen LogP contribution is -2.25. The quantitative estimate of drug-likeness (QED) is 0.610. The Hall–Kier alpha value is -3.00. The number of aromatic nitrogens is 2. The Balaban J connectivity index is 2.00. The van der Waals surface area contributed by atoms with Crippen molar-refractivity contribution in [2.24, 2.45) is 0 Å². The summed E-state index contributed by atoms with van der Waals surface area (Å²) in [6.45, 7) is 3.48. The summed E-state index contributed by atoms with van der Waals surface area (Å²) in [5, 5.41) is 3.04. The van der Waals surface area contributed by atoms with Gasteiger partial charge in [-0.1, -0.05) is 15.9 Å². The van der Waals surface area contributed by atoms with Crippen molar-refractivity contribution in [2.75, 3.05) is 11.9 Å². The number of carbonyl (C=O) groups is 2. The maximum absolute atomic E-state index is 12.7. The number of hydrogen-bond donors (Lipinski definition) is 1. The Bertz CT molecular complexity index is 1110. The van der Waals surface area contributed by atoms with Crippen LogP contribution in [0.5, 0.6) is 0 Å². The van der Waals surface area contributed by atoms with Gasteiger partial charge in [-0.05, 0) is 50.2 Å². The highest BCUT2D eigenvalue weighted by Crippen LogP contribution is 2.15. The minimum absolute atomic E-state index is 0.115. The fourth-order valence-electron chi connectivity index (χ4n) is 2.72. The summed E-state index contributed by atoms with van der Waals surface area (Å²) >= 11 is 3.34. The number of hydrogen-bond acceptors (Lipinski definition) is 5. The van der Waals surface area contributed by atoms with Gasteiger partial charge in [0.15, 0.2) is 0 Å². The van der Waals surface area contributed by atoms with Crippen LogP contribution in [-0.4, -0.2) is 28.0 Å². The first-order chi connectivity index (χ1) is 13.4. The minimum atomic E-state index is -0.725. The molecule has 0 unspecified atom stereocenters. The zero-order valence-electron chi connectivity index (χ0n) is 15.4. The van der Waals surface area contributed by atoms with E-state index in [9.17, 15) is 14.4 Å². The van der Waals surface area contributed by atoms with E-state index in [-0.39, 0.29) is 30.0 Å². The summed E-state index contributed by atoms with van der Waals surface area (Å²) in [4.78, 5) is 41.7. The first kappa shape index (κ1) is 19.8. The normalized spacial score (nSPS) is 10.7. The van der Waals surface area contributed by atoms with E-state index in [4.69, 9.17) is 4.74 Å². The topological polar surface area (TPSA) is 90.3 Å². The molecule has 0 aliphatic rings. The van der Waals surface area contributed by atoms with Gasteiger partial charge in [-0.25, -0.2) is 9.78 Å². The Kier molecular flexibility index (Phi) is 5.89. The molecular formula is C20H18BrN3O4. The monoisotopic (exact) mass is 443 g/mol. The molecule has 0 saturated heterocycles. The summed E-state index contributed by atoms with van der Waals surface area (Å²) in [6.07, 6.45) is 1.33. The van der Waals surface area contributed by atoms with E-state index in [0.29, 0.717) is 17.0 Å². The number of carbonyl (C=O) groups excluding carboxylic acids is 2. The third kappa shape index (κ3) is 4.28. The van der Waals surface area contributed by atoms with Gasteiger partial charge in [-0.15, -0.1) is 0 Å². The van der Waals surface area contributed by atoms with Crippen LogP contribution in [0, 0.1) is 6.92 Å². The molecule has 0 atom stereocenters. The molecular weight excluding hydrogens is 426 g/mol. The molecule has 0 spiro atoms. The number of ether oxygens (including phenoxy) is 1. The number of amides is 1. The van der Waals surface area contributed by atoms with Gasteiger partial charge in [0.05, 0.1) is 12.0 Å². The maximum atomic E-state index is 12.7. The van der Waals surface area contributed by atoms with Crippen molar-refractivity contribution in [1.82, 2.24) is 9.55 Å². The number of nitrogens with one attached hydrogen (secondary N) is 1. The average Bonchev–Trinajstić information content (AvgIpc) is 2.66. The van der Waals surface area contributed by atoms with Gasteiger partial charge in [0.2, 0.25) is 11.3 Å². The molecule has 7 nitrogen and oxygen atoms in total. The number of rotatable bonds is 5. The smallest absolute Gasteiger partial charge is 0.343 e. The largest absolute Gasteiger partial charge is 0.462 e. The second kappa shape index (κ2) is 8.35. The maximum Gasteiger partial charge on any atom is 0.343 e. The van der Waals surface area contributed by atoms with Gasteiger partial charge in [0, 0.05) is 22.1 Å². The van der Waals surface area contributed by atoms with Gasteiger partial charge in [0.1, 0.15) is 17.8 Å². The molecule has 0 radical (unpaired) electrons. The van der Waals surface area contributed by atoms with E-state index in [1.54, 1.807) is 38.1 Å². The summed E-state index contributed by atoms with van der Waals surface area (Å²) in [5.41, 5.74) is 1.07. The first-order valence-electron chi connectivity index (χ1n) is 8.62. The number of aryl methyl sites for hydroxylation is 1. The summed E-state index contributed by atoms with van der Waals surface area (Å²) in [6, 6.07) is 10.4. The van der Waals surface area contributed by atoms with Crippen LogP contribution in [0.3, 0.4) is 0 Å². The molecule has 0 aliphatic heterocycles. The average molecular weight is 444 g/mol. The summed E-state index contributed by atoms with van der Waals surface area (Å²) in [5.74, 6) is -1.04. The van der Waals surface area contributed by atoms with Crippen molar-refractivity contribution in [3.05, 3.63) is 68.5 Å². The van der Waals surface area contributed by atoms with Crippen molar-refractivity contribution < 1.29 is 14.3 Å². The molecule has 28 heavy (non-hydrogen) atoms. The van der Waals surface area contributed by atoms with E-state index >= 15 is 0 Å². The Morgan fingerprint density at radius 3 is 2.57 bits per heavy atom. The van der Waals surface area contributed by atoms with Crippen LogP contribution < -0.4 is 10.7 Å². The van der Waals surface area contributed by atoms with Crippen molar-refractivity contribution in [3.8, 4) is 0 Å². The van der Waals surface area contributed by atoms with Crippen molar-refractivity contribution in [2.45, 2.75) is 20.4 Å². The molecule has 2 heterocycles. The molecule has 3 rings (SSSR count). The van der Waals surface area contributed by atoms with Crippen LogP contribution >= 0.6 is 15.9 Å². The van der Waals surface area contributed by atoms with Crippen LogP contribution in [0.4, 0.5) is 5.69 Å². The van der Waals surface area contributed by atoms with E-state index in [2.05, 4.69) is 26.2 Å². The lowest BCUT2D eigenvalue weighted by Gasteiger charge is -2.13. The van der Waals surface area contributed by atoms with Crippen molar-refractivity contribution >= 4 is 44.5 Å². The highest BCUT2D eigenvalue weighted by Gasteiger charge is 2.18. The van der Waals surface area contributed by atoms with E-state index in [1.807, 2.05) is 12.1 Å². The highest BCUT2D eigenvalue weighted by atomic mass is 79.9. The standard InChI is InChI=1S/C20H18BrN3O4/c1-3-28-20(27)16-10-24(19-15(18(16)26)9-4-12(2)22-19)11-17(25)23-14-7-5-13(21)6-8-14/h4-10H,3,11H2,1-2H3,(H,23,25). The molecule has 8 heteroatoms. The number of benzene rings is 1. The van der Waals surface area contributed by atoms with Crippen molar-refractivity contribution in [1.29, 1.82) is 0 Å². The van der Waals surface area contributed by atoms with E-state index < -0.39 is 11.4 Å². The lowest BCUT2D eigenvalue weighted by molar-refractivity contribution is -0.116. The molecule has 0 bridgehead atoms. The van der Waals surface area contributed by atoms with Crippen LogP contribution in [0.2, 0.25) is 0 Å². The van der Waals surface area contributed by atoms with E-state index in [1.165, 1.54) is 10.8 Å². The summed E-state index contributed by atoms with van der Waals surface area (Å²) in [7, 11) is 0. The number of anilines is 1.